The summed E-state index contributed by atoms with van der Waals surface area (Å²) in [6.45, 7) is -0.774. The van der Waals surface area contributed by atoms with Crippen molar-refractivity contribution in [1.29, 1.82) is 0 Å². The van der Waals surface area contributed by atoms with Crippen molar-refractivity contribution in [2.75, 3.05) is 13.2 Å². The Bertz CT molecular complexity index is 1520. The molecule has 6 rings (SSSR count). The lowest BCUT2D eigenvalue weighted by atomic mass is 9.59. The number of ether oxygens (including phenoxy) is 3. The highest BCUT2D eigenvalue weighted by Crippen LogP contribution is 2.48. The van der Waals surface area contributed by atoms with Gasteiger partial charge in [0.05, 0.1) is 21.1 Å². The summed E-state index contributed by atoms with van der Waals surface area (Å²) >= 11 is 11.4. The van der Waals surface area contributed by atoms with Crippen LogP contribution in [0, 0.1) is 11.6 Å². The fourth-order valence-corrected chi connectivity index (χ4v) is 5.78. The van der Waals surface area contributed by atoms with E-state index in [0.717, 1.165) is 12.1 Å². The number of fused-ring (bicyclic) bond motifs is 3. The van der Waals surface area contributed by atoms with Gasteiger partial charge in [-0.1, -0.05) is 23.2 Å². The fourth-order valence-electron chi connectivity index (χ4n) is 5.54. The minimum atomic E-state index is -0.923. The molecule has 3 fully saturated rings. The van der Waals surface area contributed by atoms with Gasteiger partial charge in [0.2, 0.25) is 0 Å². The van der Waals surface area contributed by atoms with Crippen LogP contribution in [0.4, 0.5) is 8.78 Å². The van der Waals surface area contributed by atoms with Crippen LogP contribution >= 0.6 is 23.2 Å². The number of benzene rings is 2. The molecular weight excluding hydrogens is 607 g/mol. The Morgan fingerprint density at radius 2 is 1.44 bits per heavy atom. The fraction of sp³-hybridized carbons (Fsp3) is 0.333. The summed E-state index contributed by atoms with van der Waals surface area (Å²) in [5, 5.41) is 5.87. The van der Waals surface area contributed by atoms with E-state index < -0.39 is 53.2 Å². The zero-order chi connectivity index (χ0) is 30.6. The first-order chi connectivity index (χ1) is 20.6. The molecule has 13 heteroatoms. The second-order valence-electron chi connectivity index (χ2n) is 10.6. The van der Waals surface area contributed by atoms with Crippen LogP contribution in [0.5, 0.6) is 11.5 Å². The summed E-state index contributed by atoms with van der Waals surface area (Å²) < 4.78 is 44.4. The average molecular weight is 634 g/mol. The van der Waals surface area contributed by atoms with Crippen LogP contribution < -0.4 is 20.1 Å². The summed E-state index contributed by atoms with van der Waals surface area (Å²) in [5.41, 5.74) is -1.41. The van der Waals surface area contributed by atoms with Crippen LogP contribution in [-0.2, 0) is 14.3 Å². The number of nitrogens with zero attached hydrogens (tertiary/aromatic N) is 1. The molecule has 1 atom stereocenters. The smallest absolute Gasteiger partial charge is 0.340 e. The van der Waals surface area contributed by atoms with Gasteiger partial charge in [0, 0.05) is 36.5 Å². The standard InChI is InChI=1S/C30H27Cl2F2N3O6/c31-21-5-3-19(12-23(21)33)41-16-26(38)36-29-7-9-30(10-8-29,25(14-29)43-28(40)18-2-1-11-35-15-18)37-27(39)17-42-20-4-6-22(32)24(34)13-20/h1-6,11-13,15,25H,7-10,14,16-17H2,(H,36,38)(H,37,39)/t25-,29?,30?/m0/s1. The van der Waals surface area contributed by atoms with Crippen molar-refractivity contribution in [2.24, 2.45) is 0 Å². The minimum Gasteiger partial charge on any atom is -0.484 e. The molecule has 2 aromatic carbocycles. The number of amides is 2. The Kier molecular flexibility index (Phi) is 9.03. The number of rotatable bonds is 10. The van der Waals surface area contributed by atoms with Crippen LogP contribution in [0.1, 0.15) is 42.5 Å². The number of carbonyl (C=O) groups is 3. The van der Waals surface area contributed by atoms with Gasteiger partial charge in [-0.3, -0.25) is 14.6 Å². The molecule has 0 spiro atoms. The molecular formula is C30H27Cl2F2N3O6. The number of esters is 1. The highest BCUT2D eigenvalue weighted by atomic mass is 35.5. The summed E-state index contributed by atoms with van der Waals surface area (Å²) in [6.07, 6.45) is 4.08. The molecule has 0 aliphatic heterocycles. The van der Waals surface area contributed by atoms with Gasteiger partial charge in [-0.05, 0) is 62.1 Å². The van der Waals surface area contributed by atoms with Crippen molar-refractivity contribution in [3.63, 3.8) is 0 Å². The van der Waals surface area contributed by atoms with Crippen molar-refractivity contribution in [1.82, 2.24) is 15.6 Å². The largest absolute Gasteiger partial charge is 0.484 e. The maximum absolute atomic E-state index is 13.8. The van der Waals surface area contributed by atoms with Gasteiger partial charge in [0.25, 0.3) is 11.8 Å². The van der Waals surface area contributed by atoms with Crippen LogP contribution in [0.15, 0.2) is 60.9 Å². The molecule has 1 heterocycles. The molecule has 1 aromatic heterocycles. The molecule has 3 aliphatic rings. The van der Waals surface area contributed by atoms with E-state index in [9.17, 15) is 23.2 Å². The van der Waals surface area contributed by atoms with Crippen molar-refractivity contribution in [3.05, 3.63) is 88.2 Å². The number of aromatic nitrogens is 1. The van der Waals surface area contributed by atoms with Crippen LogP contribution in [0.3, 0.4) is 0 Å². The SMILES string of the molecule is O=C(COc1ccc(Cl)c(F)c1)NC12CCC(NC(=O)COc3ccc(Cl)c(F)c3)(CC1)[C@@H](OC(=O)c1cccnc1)C2. The van der Waals surface area contributed by atoms with Gasteiger partial charge in [-0.15, -0.1) is 0 Å². The summed E-state index contributed by atoms with van der Waals surface area (Å²) in [5.74, 6) is -2.61. The first-order valence-electron chi connectivity index (χ1n) is 13.5. The Morgan fingerprint density at radius 3 is 1.98 bits per heavy atom. The summed E-state index contributed by atoms with van der Waals surface area (Å²) in [7, 11) is 0. The van der Waals surface area contributed by atoms with E-state index in [2.05, 4.69) is 15.6 Å². The molecule has 2 amide bonds. The lowest BCUT2D eigenvalue weighted by Gasteiger charge is -2.57. The summed E-state index contributed by atoms with van der Waals surface area (Å²) in [6, 6.07) is 10.9. The highest BCUT2D eigenvalue weighted by molar-refractivity contribution is 6.31. The van der Waals surface area contributed by atoms with Crippen molar-refractivity contribution in [2.45, 2.75) is 49.3 Å². The van der Waals surface area contributed by atoms with Crippen LogP contribution in [0.25, 0.3) is 0 Å². The van der Waals surface area contributed by atoms with Gasteiger partial charge in [0.15, 0.2) is 13.2 Å². The third-order valence-electron chi connectivity index (χ3n) is 7.75. The van der Waals surface area contributed by atoms with E-state index in [1.54, 1.807) is 12.1 Å². The van der Waals surface area contributed by atoms with E-state index >= 15 is 0 Å². The van der Waals surface area contributed by atoms with Crippen LogP contribution in [0.2, 0.25) is 10.0 Å². The lowest BCUT2D eigenvalue weighted by Crippen LogP contribution is -2.71. The average Bonchev–Trinajstić information content (AvgIpc) is 2.99. The minimum absolute atomic E-state index is 0.0620. The van der Waals surface area contributed by atoms with E-state index in [1.807, 2.05) is 0 Å². The monoisotopic (exact) mass is 633 g/mol. The van der Waals surface area contributed by atoms with E-state index in [1.165, 1.54) is 36.7 Å². The Labute approximate surface area is 255 Å². The number of hydrogen-bond acceptors (Lipinski definition) is 7. The zero-order valence-electron chi connectivity index (χ0n) is 22.7. The highest BCUT2D eigenvalue weighted by Gasteiger charge is 2.57. The van der Waals surface area contributed by atoms with Gasteiger partial charge in [-0.2, -0.15) is 0 Å². The molecule has 2 bridgehead atoms. The Morgan fingerprint density at radius 1 is 0.860 bits per heavy atom. The Balaban J connectivity index is 1.27. The molecule has 3 aliphatic carbocycles. The van der Waals surface area contributed by atoms with Gasteiger partial charge in [0.1, 0.15) is 29.2 Å². The molecule has 3 saturated carbocycles. The van der Waals surface area contributed by atoms with E-state index in [-0.39, 0.29) is 40.1 Å². The van der Waals surface area contributed by atoms with E-state index in [4.69, 9.17) is 37.4 Å². The maximum Gasteiger partial charge on any atom is 0.340 e. The molecule has 9 nitrogen and oxygen atoms in total. The Hall–Kier alpha value is -3.96. The van der Waals surface area contributed by atoms with E-state index in [0.29, 0.717) is 25.7 Å². The first kappa shape index (κ1) is 30.5. The molecule has 0 radical (unpaired) electrons. The maximum atomic E-state index is 13.8. The number of hydrogen-bond donors (Lipinski definition) is 2. The van der Waals surface area contributed by atoms with Gasteiger partial charge < -0.3 is 24.8 Å². The topological polar surface area (TPSA) is 116 Å². The van der Waals surface area contributed by atoms with Crippen molar-refractivity contribution >= 4 is 41.0 Å². The molecule has 2 N–H and O–H groups in total. The van der Waals surface area contributed by atoms with Crippen LogP contribution in [-0.4, -0.2) is 53.2 Å². The lowest BCUT2D eigenvalue weighted by molar-refractivity contribution is -0.137. The molecule has 0 saturated heterocycles. The predicted molar refractivity (Wildman–Crippen MR) is 152 cm³/mol. The normalized spacial score (nSPS) is 22.4. The quantitative estimate of drug-likeness (QED) is 0.301. The molecule has 43 heavy (non-hydrogen) atoms. The van der Waals surface area contributed by atoms with Crippen molar-refractivity contribution in [3.8, 4) is 11.5 Å². The van der Waals surface area contributed by atoms with Gasteiger partial charge in [-0.25, -0.2) is 13.6 Å². The zero-order valence-corrected chi connectivity index (χ0v) is 24.2. The third-order valence-corrected chi connectivity index (χ3v) is 8.37. The first-order valence-corrected chi connectivity index (χ1v) is 14.2. The number of nitrogens with one attached hydrogen (secondary N) is 2. The molecule has 226 valence electrons. The second kappa shape index (κ2) is 12.7. The summed E-state index contributed by atoms with van der Waals surface area (Å²) in [4.78, 5) is 42.9. The second-order valence-corrected chi connectivity index (χ2v) is 11.4. The third kappa shape index (κ3) is 7.17. The van der Waals surface area contributed by atoms with Crippen molar-refractivity contribution < 1.29 is 37.4 Å². The molecule has 3 aromatic rings. The number of halogens is 4. The number of pyridine rings is 1. The number of carbonyl (C=O) groups excluding carboxylic acids is 3. The van der Waals surface area contributed by atoms with Gasteiger partial charge >= 0.3 is 5.97 Å². The predicted octanol–water partition coefficient (Wildman–Crippen LogP) is 5.04. The molecule has 0 unspecified atom stereocenters.